The van der Waals surface area contributed by atoms with Crippen LogP contribution in [0.2, 0.25) is 0 Å². The molecule has 22 heavy (non-hydrogen) atoms. The molecule has 1 aromatic heterocycles. The van der Waals surface area contributed by atoms with E-state index >= 15 is 0 Å². The first-order valence-electron chi connectivity index (χ1n) is 7.58. The number of pyridine rings is 1. The number of nitrogens with zero attached hydrogens (tertiary/aromatic N) is 1. The average molecular weight is 298 g/mol. The highest BCUT2D eigenvalue weighted by Gasteiger charge is 2.07. The maximum atomic E-state index is 12.0. The molecule has 0 atom stereocenters. The summed E-state index contributed by atoms with van der Waals surface area (Å²) in [7, 11) is 0. The van der Waals surface area contributed by atoms with Crippen molar-refractivity contribution in [3.8, 4) is 5.88 Å². The van der Waals surface area contributed by atoms with E-state index in [2.05, 4.69) is 35.4 Å². The van der Waals surface area contributed by atoms with Crippen molar-refractivity contribution in [2.24, 2.45) is 0 Å². The summed E-state index contributed by atoms with van der Waals surface area (Å²) in [6, 6.07) is 12.0. The molecular weight excluding hydrogens is 276 g/mol. The summed E-state index contributed by atoms with van der Waals surface area (Å²) >= 11 is 0. The zero-order valence-corrected chi connectivity index (χ0v) is 13.1. The summed E-state index contributed by atoms with van der Waals surface area (Å²) in [5.41, 5.74) is 3.30. The van der Waals surface area contributed by atoms with Gasteiger partial charge in [0.15, 0.2) is 0 Å². The van der Waals surface area contributed by atoms with Crippen molar-refractivity contribution >= 4 is 5.91 Å². The molecule has 116 valence electrons. The molecule has 0 aliphatic carbocycles. The van der Waals surface area contributed by atoms with Crippen molar-refractivity contribution in [3.05, 3.63) is 59.3 Å². The number of carbonyl (C=O) groups is 1. The van der Waals surface area contributed by atoms with Gasteiger partial charge in [-0.3, -0.25) is 4.79 Å². The molecule has 1 amide bonds. The third kappa shape index (κ3) is 4.88. The molecule has 4 heteroatoms. The number of carbonyl (C=O) groups excluding carboxylic acids is 1. The highest BCUT2D eigenvalue weighted by molar-refractivity contribution is 5.76. The Morgan fingerprint density at radius 3 is 2.91 bits per heavy atom. The second kappa shape index (κ2) is 8.17. The van der Waals surface area contributed by atoms with Gasteiger partial charge in [-0.25, -0.2) is 4.98 Å². The van der Waals surface area contributed by atoms with E-state index in [1.165, 1.54) is 11.1 Å². The number of hydrogen-bond acceptors (Lipinski definition) is 3. The number of amides is 1. The van der Waals surface area contributed by atoms with E-state index in [1.807, 2.05) is 25.1 Å². The summed E-state index contributed by atoms with van der Waals surface area (Å²) in [5, 5.41) is 2.92. The molecular formula is C18H22N2O2. The molecule has 0 saturated carbocycles. The van der Waals surface area contributed by atoms with E-state index in [0.717, 1.165) is 12.0 Å². The lowest BCUT2D eigenvalue weighted by atomic mass is 10.1. The SMILES string of the molecule is CCOc1ncccc1CNC(=O)CCc1cccc(C)c1. The van der Waals surface area contributed by atoms with Crippen LogP contribution in [0.5, 0.6) is 5.88 Å². The summed E-state index contributed by atoms with van der Waals surface area (Å²) < 4.78 is 5.45. The van der Waals surface area contributed by atoms with Gasteiger partial charge in [0.2, 0.25) is 11.8 Å². The Hall–Kier alpha value is -2.36. The number of benzene rings is 1. The Bertz CT molecular complexity index is 626. The van der Waals surface area contributed by atoms with E-state index in [4.69, 9.17) is 4.74 Å². The Labute approximate surface area is 131 Å². The fourth-order valence-corrected chi connectivity index (χ4v) is 2.23. The number of rotatable bonds is 7. The second-order valence-electron chi connectivity index (χ2n) is 5.17. The lowest BCUT2D eigenvalue weighted by Gasteiger charge is -2.10. The van der Waals surface area contributed by atoms with Gasteiger partial charge in [0.1, 0.15) is 0 Å². The van der Waals surface area contributed by atoms with Gasteiger partial charge in [0.05, 0.1) is 6.61 Å². The van der Waals surface area contributed by atoms with Crippen molar-refractivity contribution in [3.63, 3.8) is 0 Å². The topological polar surface area (TPSA) is 51.2 Å². The van der Waals surface area contributed by atoms with E-state index in [9.17, 15) is 4.79 Å². The van der Waals surface area contributed by atoms with E-state index in [-0.39, 0.29) is 5.91 Å². The van der Waals surface area contributed by atoms with Crippen molar-refractivity contribution < 1.29 is 9.53 Å². The molecule has 0 bridgehead atoms. The van der Waals surface area contributed by atoms with Gasteiger partial charge in [-0.15, -0.1) is 0 Å². The van der Waals surface area contributed by atoms with Crippen molar-refractivity contribution in [2.75, 3.05) is 6.61 Å². The number of aromatic nitrogens is 1. The third-order valence-electron chi connectivity index (χ3n) is 3.33. The molecule has 0 radical (unpaired) electrons. The molecule has 1 heterocycles. The zero-order valence-electron chi connectivity index (χ0n) is 13.1. The minimum Gasteiger partial charge on any atom is -0.478 e. The van der Waals surface area contributed by atoms with Crippen LogP contribution in [0.15, 0.2) is 42.6 Å². The molecule has 1 N–H and O–H groups in total. The first kappa shape index (κ1) is 16.0. The van der Waals surface area contributed by atoms with Crippen molar-refractivity contribution in [2.45, 2.75) is 33.2 Å². The minimum absolute atomic E-state index is 0.0350. The number of nitrogens with one attached hydrogen (secondary N) is 1. The Kier molecular flexibility index (Phi) is 5.95. The number of ether oxygens (including phenoxy) is 1. The molecule has 2 aromatic rings. The van der Waals surface area contributed by atoms with E-state index in [0.29, 0.717) is 25.5 Å². The highest BCUT2D eigenvalue weighted by Crippen LogP contribution is 2.14. The van der Waals surface area contributed by atoms with Crippen LogP contribution in [0, 0.1) is 6.92 Å². The first-order valence-corrected chi connectivity index (χ1v) is 7.58. The van der Waals surface area contributed by atoms with Crippen LogP contribution >= 0.6 is 0 Å². The fraction of sp³-hybridized carbons (Fsp3) is 0.333. The second-order valence-corrected chi connectivity index (χ2v) is 5.17. The Morgan fingerprint density at radius 1 is 1.27 bits per heavy atom. The van der Waals surface area contributed by atoms with Crippen LogP contribution < -0.4 is 10.1 Å². The summed E-state index contributed by atoms with van der Waals surface area (Å²) in [6.45, 7) is 4.97. The maximum absolute atomic E-state index is 12.0. The molecule has 0 unspecified atom stereocenters. The first-order chi connectivity index (χ1) is 10.7. The quantitative estimate of drug-likeness (QED) is 0.855. The van der Waals surface area contributed by atoms with Gasteiger partial charge in [-0.1, -0.05) is 35.9 Å². The molecule has 0 spiro atoms. The normalized spacial score (nSPS) is 10.3. The minimum atomic E-state index is 0.0350. The molecule has 0 aliphatic heterocycles. The smallest absolute Gasteiger partial charge is 0.220 e. The number of aryl methyl sites for hydroxylation is 2. The van der Waals surface area contributed by atoms with Crippen molar-refractivity contribution in [1.29, 1.82) is 0 Å². The fourth-order valence-electron chi connectivity index (χ4n) is 2.23. The van der Waals surface area contributed by atoms with Crippen LogP contribution in [0.25, 0.3) is 0 Å². The van der Waals surface area contributed by atoms with Crippen molar-refractivity contribution in [1.82, 2.24) is 10.3 Å². The Balaban J connectivity index is 1.83. The predicted molar refractivity (Wildman–Crippen MR) is 86.8 cm³/mol. The molecule has 0 aliphatic rings. The molecule has 4 nitrogen and oxygen atoms in total. The standard InChI is InChI=1S/C18H22N2O2/c1-3-22-18-16(8-5-11-19-18)13-20-17(21)10-9-15-7-4-6-14(2)12-15/h4-8,11-12H,3,9-10,13H2,1-2H3,(H,20,21). The molecule has 0 fully saturated rings. The molecule has 2 rings (SSSR count). The lowest BCUT2D eigenvalue weighted by molar-refractivity contribution is -0.121. The van der Waals surface area contributed by atoms with Gasteiger partial charge in [-0.05, 0) is 31.9 Å². The largest absolute Gasteiger partial charge is 0.478 e. The maximum Gasteiger partial charge on any atom is 0.220 e. The van der Waals surface area contributed by atoms with E-state index in [1.54, 1.807) is 6.20 Å². The van der Waals surface area contributed by atoms with Gasteiger partial charge in [-0.2, -0.15) is 0 Å². The van der Waals surface area contributed by atoms with Crippen LogP contribution in [0.4, 0.5) is 0 Å². The third-order valence-corrected chi connectivity index (χ3v) is 3.33. The summed E-state index contributed by atoms with van der Waals surface area (Å²) in [5.74, 6) is 0.622. The molecule has 0 saturated heterocycles. The van der Waals surface area contributed by atoms with Gasteiger partial charge in [0, 0.05) is 24.7 Å². The van der Waals surface area contributed by atoms with Gasteiger partial charge >= 0.3 is 0 Å². The van der Waals surface area contributed by atoms with Crippen LogP contribution in [-0.2, 0) is 17.8 Å². The summed E-state index contributed by atoms with van der Waals surface area (Å²) in [6.07, 6.45) is 2.92. The zero-order chi connectivity index (χ0) is 15.8. The lowest BCUT2D eigenvalue weighted by Crippen LogP contribution is -2.23. The Morgan fingerprint density at radius 2 is 2.14 bits per heavy atom. The van der Waals surface area contributed by atoms with Crippen LogP contribution in [0.3, 0.4) is 0 Å². The van der Waals surface area contributed by atoms with Gasteiger partial charge < -0.3 is 10.1 Å². The average Bonchev–Trinajstić information content (AvgIpc) is 2.52. The summed E-state index contributed by atoms with van der Waals surface area (Å²) in [4.78, 5) is 16.1. The van der Waals surface area contributed by atoms with Gasteiger partial charge in [0.25, 0.3) is 0 Å². The predicted octanol–water partition coefficient (Wildman–Crippen LogP) is 3.04. The van der Waals surface area contributed by atoms with Crippen LogP contribution in [-0.4, -0.2) is 17.5 Å². The van der Waals surface area contributed by atoms with Crippen LogP contribution in [0.1, 0.15) is 30.0 Å². The molecule has 1 aromatic carbocycles. The van der Waals surface area contributed by atoms with E-state index < -0.39 is 0 Å². The number of hydrogen-bond donors (Lipinski definition) is 1. The highest BCUT2D eigenvalue weighted by atomic mass is 16.5. The monoisotopic (exact) mass is 298 g/mol.